The van der Waals surface area contributed by atoms with E-state index in [-0.39, 0.29) is 21.6 Å². The molecule has 0 aliphatic rings. The molecule has 0 atom stereocenters. The number of ether oxygens (including phenoxy) is 1. The summed E-state index contributed by atoms with van der Waals surface area (Å²) in [6.07, 6.45) is 3.24. The molecule has 0 aliphatic carbocycles. The molecule has 0 radical (unpaired) electrons. The summed E-state index contributed by atoms with van der Waals surface area (Å²) in [5, 5.41) is 21.0. The first-order valence-corrected chi connectivity index (χ1v) is 9.83. The van der Waals surface area contributed by atoms with Gasteiger partial charge in [-0.2, -0.15) is 0 Å². The molecule has 9 heteroatoms. The number of carbonyl (C=O) groups excluding carboxylic acids is 1. The van der Waals surface area contributed by atoms with Gasteiger partial charge in [0.25, 0.3) is 0 Å². The van der Waals surface area contributed by atoms with Gasteiger partial charge in [-0.15, -0.1) is 11.3 Å². The van der Waals surface area contributed by atoms with Gasteiger partial charge in [-0.05, 0) is 24.1 Å². The number of carbonyl (C=O) groups is 3. The van der Waals surface area contributed by atoms with Gasteiger partial charge >= 0.3 is 11.9 Å². The van der Waals surface area contributed by atoms with Crippen molar-refractivity contribution in [3.05, 3.63) is 34.2 Å². The monoisotopic (exact) mass is 425 g/mol. The van der Waals surface area contributed by atoms with Crippen molar-refractivity contribution in [2.24, 2.45) is 0 Å². The summed E-state index contributed by atoms with van der Waals surface area (Å²) in [4.78, 5) is 34.4. The average molecular weight is 426 g/mol. The van der Waals surface area contributed by atoms with Gasteiger partial charge in [0.1, 0.15) is 5.02 Å². The fourth-order valence-electron chi connectivity index (χ4n) is 2.48. The predicted octanol–water partition coefficient (Wildman–Crippen LogP) is 4.75. The van der Waals surface area contributed by atoms with Crippen molar-refractivity contribution < 1.29 is 29.3 Å². The molecule has 2 rings (SSSR count). The maximum atomic E-state index is 12.0. The molecule has 1 aromatic heterocycles. The third-order valence-electron chi connectivity index (χ3n) is 3.76. The van der Waals surface area contributed by atoms with Crippen LogP contribution in [0.1, 0.15) is 42.3 Å². The van der Waals surface area contributed by atoms with Crippen molar-refractivity contribution in [3.8, 4) is 16.2 Å². The number of anilines is 1. The van der Waals surface area contributed by atoms with E-state index in [1.807, 2.05) is 0 Å². The van der Waals surface area contributed by atoms with Gasteiger partial charge in [-0.1, -0.05) is 43.5 Å². The van der Waals surface area contributed by atoms with E-state index >= 15 is 0 Å². The van der Waals surface area contributed by atoms with Gasteiger partial charge in [0, 0.05) is 12.1 Å². The SMILES string of the molecule is CCCCCC(=O)Nc1cccc(-c2sc(C(=O)O)c(OCC(=O)O)c2Cl)c1. The summed E-state index contributed by atoms with van der Waals surface area (Å²) in [6.45, 7) is 1.36. The lowest BCUT2D eigenvalue weighted by atomic mass is 10.1. The van der Waals surface area contributed by atoms with Crippen LogP contribution in [0.25, 0.3) is 10.4 Å². The van der Waals surface area contributed by atoms with Crippen molar-refractivity contribution in [3.63, 3.8) is 0 Å². The number of benzene rings is 1. The number of unbranched alkanes of at least 4 members (excludes halogenated alkanes) is 2. The molecule has 150 valence electrons. The molecule has 0 saturated carbocycles. The first-order chi connectivity index (χ1) is 13.3. The van der Waals surface area contributed by atoms with E-state index in [1.54, 1.807) is 24.3 Å². The third-order valence-corrected chi connectivity index (χ3v) is 5.44. The highest BCUT2D eigenvalue weighted by Crippen LogP contribution is 2.45. The number of hydrogen-bond acceptors (Lipinski definition) is 5. The highest BCUT2D eigenvalue weighted by Gasteiger charge is 2.24. The van der Waals surface area contributed by atoms with Crippen LogP contribution in [0.15, 0.2) is 24.3 Å². The summed E-state index contributed by atoms with van der Waals surface area (Å²) in [7, 11) is 0. The molecule has 2 aromatic rings. The number of nitrogens with one attached hydrogen (secondary N) is 1. The number of hydrogen-bond donors (Lipinski definition) is 3. The Morgan fingerprint density at radius 3 is 2.61 bits per heavy atom. The second-order valence-electron chi connectivity index (χ2n) is 5.98. The zero-order valence-electron chi connectivity index (χ0n) is 15.2. The van der Waals surface area contributed by atoms with Crippen LogP contribution in [0.5, 0.6) is 5.75 Å². The van der Waals surface area contributed by atoms with Crippen molar-refractivity contribution in [1.82, 2.24) is 0 Å². The normalized spacial score (nSPS) is 10.5. The molecule has 1 aromatic carbocycles. The van der Waals surface area contributed by atoms with Crippen molar-refractivity contribution >= 4 is 46.5 Å². The van der Waals surface area contributed by atoms with E-state index in [0.29, 0.717) is 22.5 Å². The number of amides is 1. The van der Waals surface area contributed by atoms with E-state index in [1.165, 1.54) is 0 Å². The molecule has 7 nitrogen and oxygen atoms in total. The molecule has 0 bridgehead atoms. The zero-order valence-corrected chi connectivity index (χ0v) is 16.7. The van der Waals surface area contributed by atoms with E-state index < -0.39 is 18.5 Å². The predicted molar refractivity (Wildman–Crippen MR) is 108 cm³/mol. The third kappa shape index (κ3) is 5.71. The van der Waals surface area contributed by atoms with Crippen LogP contribution in [0.4, 0.5) is 5.69 Å². The molecule has 28 heavy (non-hydrogen) atoms. The summed E-state index contributed by atoms with van der Waals surface area (Å²) in [5.74, 6) is -2.78. The smallest absolute Gasteiger partial charge is 0.349 e. The number of thiophene rings is 1. The maximum Gasteiger partial charge on any atom is 0.349 e. The summed E-state index contributed by atoms with van der Waals surface area (Å²) in [5.41, 5.74) is 1.15. The number of aliphatic carboxylic acids is 1. The zero-order chi connectivity index (χ0) is 20.7. The lowest BCUT2D eigenvalue weighted by Gasteiger charge is -2.07. The standard InChI is InChI=1S/C19H20ClNO6S/c1-2-3-4-8-13(22)21-12-7-5-6-11(9-12)17-15(20)16(27-10-14(23)24)18(28-17)19(25)26/h5-7,9H,2-4,8,10H2,1H3,(H,21,22)(H,23,24)(H,25,26). The molecule has 0 spiro atoms. The van der Waals surface area contributed by atoms with Crippen LogP contribution in [-0.2, 0) is 9.59 Å². The Morgan fingerprint density at radius 1 is 1.21 bits per heavy atom. The number of carboxylic acids is 2. The Morgan fingerprint density at radius 2 is 1.96 bits per heavy atom. The molecule has 3 N–H and O–H groups in total. The molecule has 0 fully saturated rings. The number of aromatic carboxylic acids is 1. The van der Waals surface area contributed by atoms with Gasteiger partial charge in [0.05, 0.1) is 4.88 Å². The minimum Gasteiger partial charge on any atom is -0.479 e. The Bertz CT molecular complexity index is 879. The highest BCUT2D eigenvalue weighted by atomic mass is 35.5. The summed E-state index contributed by atoms with van der Waals surface area (Å²) < 4.78 is 5.07. The minimum absolute atomic E-state index is 0.0232. The quantitative estimate of drug-likeness (QED) is 0.473. The molecule has 1 heterocycles. The highest BCUT2D eigenvalue weighted by molar-refractivity contribution is 7.18. The lowest BCUT2D eigenvalue weighted by molar-refractivity contribution is -0.139. The van der Waals surface area contributed by atoms with E-state index in [0.717, 1.165) is 30.6 Å². The topological polar surface area (TPSA) is 113 Å². The van der Waals surface area contributed by atoms with Gasteiger partial charge in [-0.25, -0.2) is 9.59 Å². The Hall–Kier alpha value is -2.58. The first-order valence-electron chi connectivity index (χ1n) is 8.64. The van der Waals surface area contributed by atoms with E-state index in [4.69, 9.17) is 21.4 Å². The average Bonchev–Trinajstić information content (AvgIpc) is 2.97. The largest absolute Gasteiger partial charge is 0.479 e. The van der Waals surface area contributed by atoms with Gasteiger partial charge in [0.2, 0.25) is 5.91 Å². The lowest BCUT2D eigenvalue weighted by Crippen LogP contribution is -2.11. The molecule has 1 amide bonds. The Labute approximate surface area is 170 Å². The van der Waals surface area contributed by atoms with Crippen LogP contribution in [-0.4, -0.2) is 34.7 Å². The Kier molecular flexibility index (Phi) is 7.83. The van der Waals surface area contributed by atoms with Crippen molar-refractivity contribution in [2.75, 3.05) is 11.9 Å². The van der Waals surface area contributed by atoms with E-state index in [9.17, 15) is 19.5 Å². The van der Waals surface area contributed by atoms with Crippen molar-refractivity contribution in [2.45, 2.75) is 32.6 Å². The minimum atomic E-state index is -1.26. The second kappa shape index (κ2) is 10.1. The number of rotatable bonds is 10. The fraction of sp³-hybridized carbons (Fsp3) is 0.316. The maximum absolute atomic E-state index is 12.0. The number of carboxylic acid groups (broad SMARTS) is 2. The first kappa shape index (κ1) is 21.7. The number of halogens is 1. The summed E-state index contributed by atoms with van der Waals surface area (Å²) >= 11 is 7.16. The van der Waals surface area contributed by atoms with Crippen LogP contribution in [0, 0.1) is 0 Å². The van der Waals surface area contributed by atoms with Crippen LogP contribution >= 0.6 is 22.9 Å². The van der Waals surface area contributed by atoms with Crippen LogP contribution < -0.4 is 10.1 Å². The molecular formula is C19H20ClNO6S. The van der Waals surface area contributed by atoms with E-state index in [2.05, 4.69) is 12.2 Å². The molecule has 0 saturated heterocycles. The Balaban J connectivity index is 2.27. The second-order valence-corrected chi connectivity index (χ2v) is 7.38. The fourth-order valence-corrected chi connectivity index (χ4v) is 3.88. The van der Waals surface area contributed by atoms with Gasteiger partial charge < -0.3 is 20.3 Å². The van der Waals surface area contributed by atoms with Gasteiger partial charge in [-0.3, -0.25) is 4.79 Å². The molecule has 0 aliphatic heterocycles. The van der Waals surface area contributed by atoms with Gasteiger partial charge in [0.15, 0.2) is 17.2 Å². The van der Waals surface area contributed by atoms with Crippen LogP contribution in [0.2, 0.25) is 5.02 Å². The summed E-state index contributed by atoms with van der Waals surface area (Å²) in [6, 6.07) is 6.84. The van der Waals surface area contributed by atoms with Crippen LogP contribution in [0.3, 0.4) is 0 Å². The molecular weight excluding hydrogens is 406 g/mol. The molecule has 0 unspecified atom stereocenters. The van der Waals surface area contributed by atoms with Crippen molar-refractivity contribution in [1.29, 1.82) is 0 Å².